The zero-order valence-electron chi connectivity index (χ0n) is 16.3. The summed E-state index contributed by atoms with van der Waals surface area (Å²) in [6, 6.07) is 10.3. The second kappa shape index (κ2) is 9.34. The Hall–Kier alpha value is -1.81. The van der Waals surface area contributed by atoms with Crippen LogP contribution < -0.4 is 10.1 Å². The number of piperazine rings is 1. The molecule has 10 heteroatoms. The van der Waals surface area contributed by atoms with Gasteiger partial charge in [0.05, 0.1) is 17.0 Å². The topological polar surface area (TPSA) is 79.0 Å². The van der Waals surface area contributed by atoms with Crippen LogP contribution in [0.25, 0.3) is 0 Å². The molecule has 7 nitrogen and oxygen atoms in total. The molecule has 1 aromatic heterocycles. The van der Waals surface area contributed by atoms with Gasteiger partial charge >= 0.3 is 6.03 Å². The van der Waals surface area contributed by atoms with Crippen LogP contribution in [0.2, 0.25) is 4.34 Å². The Labute approximate surface area is 180 Å². The van der Waals surface area contributed by atoms with Gasteiger partial charge in [0.1, 0.15) is 9.96 Å². The number of halogens is 1. The quantitative estimate of drug-likeness (QED) is 0.719. The number of benzene rings is 1. The molecule has 2 aromatic rings. The monoisotopic (exact) mass is 457 g/mol. The highest BCUT2D eigenvalue weighted by Crippen LogP contribution is 2.28. The third-order valence-corrected chi connectivity index (χ3v) is 8.27. The molecule has 0 spiro atoms. The lowest BCUT2D eigenvalue weighted by Gasteiger charge is -2.34. The van der Waals surface area contributed by atoms with E-state index in [2.05, 4.69) is 5.32 Å². The van der Waals surface area contributed by atoms with Crippen molar-refractivity contribution in [1.29, 1.82) is 0 Å². The Morgan fingerprint density at radius 2 is 1.97 bits per heavy atom. The third-order valence-electron chi connectivity index (χ3n) is 4.68. The molecule has 158 valence electrons. The lowest BCUT2D eigenvalue weighted by atomic mass is 10.1. The van der Waals surface area contributed by atoms with Crippen molar-refractivity contribution in [3.63, 3.8) is 0 Å². The molecule has 1 atom stereocenters. The van der Waals surface area contributed by atoms with Crippen LogP contribution in [0.1, 0.15) is 25.5 Å². The first-order valence-electron chi connectivity index (χ1n) is 9.35. The maximum Gasteiger partial charge on any atom is 0.317 e. The number of ether oxygens (including phenoxy) is 1. The van der Waals surface area contributed by atoms with E-state index < -0.39 is 10.0 Å². The largest absolute Gasteiger partial charge is 0.494 e. The fraction of sp³-hybridized carbons (Fsp3) is 0.421. The summed E-state index contributed by atoms with van der Waals surface area (Å²) in [7, 11) is -3.57. The van der Waals surface area contributed by atoms with E-state index in [-0.39, 0.29) is 29.4 Å². The molecule has 1 aliphatic heterocycles. The van der Waals surface area contributed by atoms with Gasteiger partial charge in [-0.1, -0.05) is 23.7 Å². The number of urea groups is 1. The van der Waals surface area contributed by atoms with Crippen LogP contribution in [0.5, 0.6) is 5.75 Å². The van der Waals surface area contributed by atoms with E-state index in [1.165, 1.54) is 10.4 Å². The van der Waals surface area contributed by atoms with Crippen molar-refractivity contribution in [1.82, 2.24) is 14.5 Å². The molecule has 0 bridgehead atoms. The van der Waals surface area contributed by atoms with Crippen molar-refractivity contribution in [2.24, 2.45) is 0 Å². The number of nitrogens with zero attached hydrogens (tertiary/aromatic N) is 2. The van der Waals surface area contributed by atoms with Crippen LogP contribution in [0.4, 0.5) is 4.79 Å². The smallest absolute Gasteiger partial charge is 0.317 e. The predicted octanol–water partition coefficient (Wildman–Crippen LogP) is 3.58. The predicted molar refractivity (Wildman–Crippen MR) is 114 cm³/mol. The van der Waals surface area contributed by atoms with E-state index in [1.54, 1.807) is 11.0 Å². The molecule has 1 unspecified atom stereocenters. The number of carbonyl (C=O) groups excluding carboxylic acids is 1. The van der Waals surface area contributed by atoms with E-state index in [0.29, 0.717) is 24.0 Å². The Balaban J connectivity index is 1.56. The average molecular weight is 458 g/mol. The van der Waals surface area contributed by atoms with Gasteiger partial charge in [0.15, 0.2) is 0 Å². The molecule has 0 saturated carbocycles. The molecular weight excluding hydrogens is 434 g/mol. The van der Waals surface area contributed by atoms with Gasteiger partial charge in [0.25, 0.3) is 10.0 Å². The van der Waals surface area contributed by atoms with Crippen molar-refractivity contribution >= 4 is 39.0 Å². The van der Waals surface area contributed by atoms with Crippen molar-refractivity contribution in [3.05, 3.63) is 46.3 Å². The highest BCUT2D eigenvalue weighted by molar-refractivity contribution is 7.91. The highest BCUT2D eigenvalue weighted by Gasteiger charge is 2.31. The molecule has 0 radical (unpaired) electrons. The first kappa shape index (κ1) is 21.9. The Morgan fingerprint density at radius 1 is 1.24 bits per heavy atom. The zero-order valence-corrected chi connectivity index (χ0v) is 18.7. The van der Waals surface area contributed by atoms with Crippen molar-refractivity contribution < 1.29 is 17.9 Å². The molecule has 2 heterocycles. The van der Waals surface area contributed by atoms with Crippen molar-refractivity contribution in [2.45, 2.75) is 24.1 Å². The van der Waals surface area contributed by atoms with Crippen LogP contribution in [0, 0.1) is 0 Å². The van der Waals surface area contributed by atoms with Gasteiger partial charge in [0, 0.05) is 26.2 Å². The summed E-state index contributed by atoms with van der Waals surface area (Å²) in [4.78, 5) is 14.3. The number of hydrogen-bond donors (Lipinski definition) is 1. The van der Waals surface area contributed by atoms with Crippen LogP contribution in [0.3, 0.4) is 0 Å². The minimum Gasteiger partial charge on any atom is -0.494 e. The minimum atomic E-state index is -3.57. The van der Waals surface area contributed by atoms with E-state index >= 15 is 0 Å². The van der Waals surface area contributed by atoms with Crippen molar-refractivity contribution in [3.8, 4) is 5.75 Å². The number of nitrogens with one attached hydrogen (secondary N) is 1. The summed E-state index contributed by atoms with van der Waals surface area (Å²) < 4.78 is 32.9. The summed E-state index contributed by atoms with van der Waals surface area (Å²) in [5.41, 5.74) is 0.945. The van der Waals surface area contributed by atoms with Gasteiger partial charge in [-0.15, -0.1) is 11.3 Å². The zero-order chi connectivity index (χ0) is 21.0. The molecule has 29 heavy (non-hydrogen) atoms. The van der Waals surface area contributed by atoms with Gasteiger partial charge in [-0.25, -0.2) is 13.2 Å². The molecular formula is C19H24ClN3O4S2. The van der Waals surface area contributed by atoms with Crippen molar-refractivity contribution in [2.75, 3.05) is 32.8 Å². The number of amides is 2. The lowest BCUT2D eigenvalue weighted by Crippen LogP contribution is -2.53. The number of hydrogen-bond acceptors (Lipinski definition) is 5. The summed E-state index contributed by atoms with van der Waals surface area (Å²) in [6.45, 7) is 5.56. The van der Waals surface area contributed by atoms with Crippen LogP contribution >= 0.6 is 22.9 Å². The number of sulfonamides is 1. The number of carbonyl (C=O) groups is 1. The fourth-order valence-corrected chi connectivity index (χ4v) is 6.15. The maximum absolute atomic E-state index is 12.7. The lowest BCUT2D eigenvalue weighted by molar-refractivity contribution is 0.169. The van der Waals surface area contributed by atoms with Crippen LogP contribution in [0.15, 0.2) is 40.6 Å². The van der Waals surface area contributed by atoms with E-state index in [4.69, 9.17) is 16.3 Å². The first-order valence-corrected chi connectivity index (χ1v) is 12.0. The molecule has 1 saturated heterocycles. The Bertz CT molecular complexity index is 956. The second-order valence-electron chi connectivity index (χ2n) is 6.63. The maximum atomic E-state index is 12.7. The SMILES string of the molecule is CCOc1cccc(C(C)NC(=O)N2CCN(S(=O)(=O)c3ccc(Cl)s3)CC2)c1. The number of thiophene rings is 1. The minimum absolute atomic E-state index is 0.196. The molecule has 1 N–H and O–H groups in total. The van der Waals surface area contributed by atoms with Gasteiger partial charge in [-0.05, 0) is 43.7 Å². The molecule has 1 fully saturated rings. The van der Waals surface area contributed by atoms with E-state index in [1.807, 2.05) is 38.1 Å². The van der Waals surface area contributed by atoms with Gasteiger partial charge in [-0.2, -0.15) is 4.31 Å². The summed E-state index contributed by atoms with van der Waals surface area (Å²) in [5, 5.41) is 2.97. The standard InChI is InChI=1S/C19H24ClN3O4S2/c1-3-27-16-6-4-5-15(13-16)14(2)21-19(24)22-9-11-23(12-10-22)29(25,26)18-8-7-17(20)28-18/h4-8,13-14H,3,9-12H2,1-2H3,(H,21,24). The fourth-order valence-electron chi connectivity index (χ4n) is 3.10. The summed E-state index contributed by atoms with van der Waals surface area (Å²) in [5.74, 6) is 0.763. The van der Waals surface area contributed by atoms with Crippen LogP contribution in [-0.2, 0) is 10.0 Å². The Morgan fingerprint density at radius 3 is 2.59 bits per heavy atom. The van der Waals surface area contributed by atoms with Gasteiger partial charge in [-0.3, -0.25) is 0 Å². The van der Waals surface area contributed by atoms with E-state index in [0.717, 1.165) is 22.6 Å². The van der Waals surface area contributed by atoms with Crippen LogP contribution in [-0.4, -0.2) is 56.4 Å². The molecule has 1 aromatic carbocycles. The normalized spacial score (nSPS) is 16.4. The van der Waals surface area contributed by atoms with Gasteiger partial charge in [0.2, 0.25) is 0 Å². The molecule has 2 amide bonds. The molecule has 0 aliphatic carbocycles. The number of rotatable bonds is 6. The molecule has 1 aliphatic rings. The van der Waals surface area contributed by atoms with E-state index in [9.17, 15) is 13.2 Å². The molecule has 3 rings (SSSR count). The first-order chi connectivity index (χ1) is 13.8. The summed E-state index contributed by atoms with van der Waals surface area (Å²) in [6.07, 6.45) is 0. The third kappa shape index (κ3) is 5.22. The Kier molecular flexibility index (Phi) is 7.05. The average Bonchev–Trinajstić information content (AvgIpc) is 3.16. The second-order valence-corrected chi connectivity index (χ2v) is 10.5. The van der Waals surface area contributed by atoms with Gasteiger partial charge < -0.3 is 15.0 Å². The highest BCUT2D eigenvalue weighted by atomic mass is 35.5. The summed E-state index contributed by atoms with van der Waals surface area (Å²) >= 11 is 6.90.